The number of allylic oxidation sites excluding steroid dienone is 1. The lowest BCUT2D eigenvalue weighted by Crippen LogP contribution is -2.14. The first kappa shape index (κ1) is 10.7. The molecule has 0 radical (unpaired) electrons. The van der Waals surface area contributed by atoms with Crippen molar-refractivity contribution in [3.63, 3.8) is 0 Å². The van der Waals surface area contributed by atoms with E-state index in [1.54, 1.807) is 0 Å². The third kappa shape index (κ3) is 3.74. The molecule has 0 atom stereocenters. The van der Waals surface area contributed by atoms with Crippen LogP contribution in [-0.4, -0.2) is 3.36 Å². The molecule has 48 valence electrons. The van der Waals surface area contributed by atoms with Crippen LogP contribution in [0.3, 0.4) is 0 Å². The molecule has 0 unspecified atom stereocenters. The minimum absolute atomic E-state index is 0.219. The van der Waals surface area contributed by atoms with Crippen molar-refractivity contribution in [2.45, 2.75) is 3.36 Å². The van der Waals surface area contributed by atoms with E-state index in [-0.39, 0.29) is 1.43 Å². The normalized spacial score (nSPS) is 12.1. The van der Waals surface area contributed by atoms with Gasteiger partial charge < -0.3 is 0 Å². The highest BCUT2D eigenvalue weighted by molar-refractivity contribution is 14.2. The average Bonchev–Trinajstić information content (AvgIpc) is 1.67. The molecule has 0 saturated heterocycles. The van der Waals surface area contributed by atoms with Gasteiger partial charge in [-0.1, -0.05) is 96.4 Å². The van der Waals surface area contributed by atoms with E-state index in [9.17, 15) is 0 Å². The highest BCUT2D eigenvalue weighted by atomic mass is 127. The Kier molecular flexibility index (Phi) is 6.02. The number of hydrogen-bond acceptors (Lipinski definition) is 0. The fraction of sp³-hybridized carbons (Fsp3) is 0.500. The van der Waals surface area contributed by atoms with E-state index >= 15 is 0 Å². The van der Waals surface area contributed by atoms with Gasteiger partial charge in [-0.15, -0.1) is 6.58 Å². The first-order valence-corrected chi connectivity index (χ1v) is 6.45. The molecule has 0 aliphatic carbocycles. The lowest BCUT2D eigenvalue weighted by Gasteiger charge is -2.16. The average molecular weight is 560 g/mol. The lowest BCUT2D eigenvalue weighted by atomic mass is 10.5. The van der Waals surface area contributed by atoms with Gasteiger partial charge in [0.15, 0.2) is 0 Å². The lowest BCUT2D eigenvalue weighted by molar-refractivity contribution is 1.29. The second kappa shape index (κ2) is 4.52. The molecule has 4 heteroatoms. The molecule has 0 rings (SSSR count). The Morgan fingerprint density at radius 1 is 1.38 bits per heavy atom. The Morgan fingerprint density at radius 3 is 1.75 bits per heavy atom. The summed E-state index contributed by atoms with van der Waals surface area (Å²) in [5.41, 5.74) is 0. The maximum atomic E-state index is 3.73. The zero-order chi connectivity index (χ0) is 6.78. The monoisotopic (exact) mass is 560 g/mol. The van der Waals surface area contributed by atoms with Crippen molar-refractivity contribution in [3.8, 4) is 0 Å². The van der Waals surface area contributed by atoms with Gasteiger partial charge in [0.1, 0.15) is 1.43 Å². The zero-order valence-electron chi connectivity index (χ0n) is 3.87. The van der Waals surface area contributed by atoms with Crippen LogP contribution in [0.15, 0.2) is 12.7 Å². The van der Waals surface area contributed by atoms with Crippen molar-refractivity contribution in [1.29, 1.82) is 0 Å². The summed E-state index contributed by atoms with van der Waals surface area (Å²) >= 11 is 9.54. The number of rotatable bonds is 2. The standard InChI is InChI=1S/C4H4I4/c1-2-4(7,8)3(5)6/h2-3H,1H2. The van der Waals surface area contributed by atoms with Crippen molar-refractivity contribution in [3.05, 3.63) is 12.7 Å². The van der Waals surface area contributed by atoms with Gasteiger partial charge >= 0.3 is 0 Å². The fourth-order valence-electron chi connectivity index (χ4n) is 0.0891. The largest absolute Gasteiger partial charge is 0.112 e. The van der Waals surface area contributed by atoms with Gasteiger partial charge in [-0.25, -0.2) is 0 Å². The molecule has 0 heterocycles. The second-order valence-electron chi connectivity index (χ2n) is 1.18. The third-order valence-corrected chi connectivity index (χ3v) is 9.42. The van der Waals surface area contributed by atoms with Crippen molar-refractivity contribution in [1.82, 2.24) is 0 Å². The summed E-state index contributed by atoms with van der Waals surface area (Å²) in [6.45, 7) is 3.73. The quantitative estimate of drug-likeness (QED) is 0.273. The summed E-state index contributed by atoms with van der Waals surface area (Å²) in [5.74, 6) is 0. The highest BCUT2D eigenvalue weighted by Crippen LogP contribution is 2.40. The zero-order valence-corrected chi connectivity index (χ0v) is 12.5. The smallest absolute Gasteiger partial charge is 0.101 e. The summed E-state index contributed by atoms with van der Waals surface area (Å²) in [7, 11) is 0. The molecule has 0 spiro atoms. The van der Waals surface area contributed by atoms with Crippen LogP contribution in [0.1, 0.15) is 0 Å². The minimum Gasteiger partial charge on any atom is -0.101 e. The van der Waals surface area contributed by atoms with Gasteiger partial charge in [0.25, 0.3) is 0 Å². The first-order valence-electron chi connectivity index (χ1n) is 1.80. The maximum absolute atomic E-state index is 3.73. The van der Waals surface area contributed by atoms with Gasteiger partial charge in [-0.3, -0.25) is 0 Å². The first-order chi connectivity index (χ1) is 3.50. The van der Waals surface area contributed by atoms with Crippen molar-refractivity contribution < 1.29 is 0 Å². The van der Waals surface area contributed by atoms with E-state index in [0.29, 0.717) is 1.93 Å². The van der Waals surface area contributed by atoms with Crippen LogP contribution in [0.25, 0.3) is 0 Å². The van der Waals surface area contributed by atoms with E-state index in [4.69, 9.17) is 0 Å². The van der Waals surface area contributed by atoms with Crippen LogP contribution in [0.4, 0.5) is 0 Å². The molecular weight excluding hydrogens is 556 g/mol. The van der Waals surface area contributed by atoms with Crippen molar-refractivity contribution in [2.24, 2.45) is 0 Å². The molecule has 0 amide bonds. The molecule has 0 aliphatic rings. The Balaban J connectivity index is 3.90. The predicted molar refractivity (Wildman–Crippen MR) is 72.8 cm³/mol. The summed E-state index contributed by atoms with van der Waals surface area (Å²) in [6.07, 6.45) is 1.97. The molecule has 0 N–H and O–H groups in total. The maximum Gasteiger partial charge on any atom is 0.112 e. The van der Waals surface area contributed by atoms with Crippen LogP contribution in [0.2, 0.25) is 0 Å². The van der Waals surface area contributed by atoms with E-state index in [1.807, 2.05) is 6.08 Å². The fourth-order valence-corrected chi connectivity index (χ4v) is 0.598. The van der Waals surface area contributed by atoms with Crippen LogP contribution in [0.5, 0.6) is 0 Å². The number of halogens is 4. The molecule has 0 aromatic heterocycles. The Bertz CT molecular complexity index is 86.0. The summed E-state index contributed by atoms with van der Waals surface area (Å²) < 4.78 is 0.827. The molecule has 0 aliphatic heterocycles. The van der Waals surface area contributed by atoms with Crippen molar-refractivity contribution in [2.75, 3.05) is 0 Å². The SMILES string of the molecule is C=CC(I)(I)C(I)I. The molecule has 8 heavy (non-hydrogen) atoms. The van der Waals surface area contributed by atoms with Gasteiger partial charge in [0, 0.05) is 0 Å². The van der Waals surface area contributed by atoms with E-state index in [0.717, 1.165) is 0 Å². The Labute approximate surface area is 104 Å². The summed E-state index contributed by atoms with van der Waals surface area (Å²) in [6, 6.07) is 0. The molecular formula is C4H4I4. The van der Waals surface area contributed by atoms with Gasteiger partial charge in [-0.05, 0) is 0 Å². The molecule has 0 bridgehead atoms. The van der Waals surface area contributed by atoms with Gasteiger partial charge in [-0.2, -0.15) is 0 Å². The molecule has 0 aromatic carbocycles. The molecule has 0 aromatic rings. The highest BCUT2D eigenvalue weighted by Gasteiger charge is 2.24. The summed E-state index contributed by atoms with van der Waals surface area (Å²) in [5, 5.41) is 0. The topological polar surface area (TPSA) is 0 Å². The summed E-state index contributed by atoms with van der Waals surface area (Å²) in [4.78, 5) is 0. The second-order valence-corrected chi connectivity index (χ2v) is 11.7. The van der Waals surface area contributed by atoms with E-state index in [1.165, 1.54) is 0 Å². The third-order valence-electron chi connectivity index (χ3n) is 0.563. The molecule has 0 saturated carbocycles. The van der Waals surface area contributed by atoms with Gasteiger partial charge in [0.2, 0.25) is 0 Å². The Morgan fingerprint density at radius 2 is 1.75 bits per heavy atom. The van der Waals surface area contributed by atoms with Gasteiger partial charge in [0.05, 0.1) is 1.93 Å². The van der Waals surface area contributed by atoms with Crippen LogP contribution in [0, 0.1) is 0 Å². The van der Waals surface area contributed by atoms with Crippen LogP contribution in [-0.2, 0) is 0 Å². The predicted octanol–water partition coefficient (Wildman–Crippen LogP) is 3.93. The molecule has 0 nitrogen and oxygen atoms in total. The van der Waals surface area contributed by atoms with Crippen LogP contribution < -0.4 is 0 Å². The molecule has 0 fully saturated rings. The van der Waals surface area contributed by atoms with Crippen LogP contribution >= 0.6 is 90.4 Å². The minimum atomic E-state index is 0.219. The van der Waals surface area contributed by atoms with E-state index < -0.39 is 0 Å². The number of alkyl halides is 4. The number of hydrogen-bond donors (Lipinski definition) is 0. The Hall–Kier alpha value is 2.66. The van der Waals surface area contributed by atoms with Crippen molar-refractivity contribution >= 4 is 90.4 Å². The van der Waals surface area contributed by atoms with E-state index in [2.05, 4.69) is 96.9 Å².